The van der Waals surface area contributed by atoms with E-state index >= 15 is 0 Å². The molecule has 1 rings (SSSR count). The largest absolute Gasteiger partial charge is 0.377 e. The van der Waals surface area contributed by atoms with Crippen molar-refractivity contribution in [2.45, 2.75) is 19.8 Å². The lowest BCUT2D eigenvalue weighted by Gasteiger charge is -2.08. The van der Waals surface area contributed by atoms with Crippen molar-refractivity contribution in [2.24, 2.45) is 0 Å². The van der Waals surface area contributed by atoms with E-state index < -0.39 is 0 Å². The molecular formula is C8H13NO. The monoisotopic (exact) mass is 139 g/mol. The van der Waals surface area contributed by atoms with Crippen molar-refractivity contribution in [1.82, 2.24) is 4.90 Å². The predicted molar refractivity (Wildman–Crippen MR) is 40.6 cm³/mol. The normalized spacial score (nSPS) is 18.7. The van der Waals surface area contributed by atoms with Crippen LogP contribution in [0.5, 0.6) is 0 Å². The second-order valence-electron chi connectivity index (χ2n) is 2.67. The van der Waals surface area contributed by atoms with Crippen LogP contribution in [0.4, 0.5) is 0 Å². The van der Waals surface area contributed by atoms with Crippen LogP contribution < -0.4 is 0 Å². The van der Waals surface area contributed by atoms with Gasteiger partial charge in [-0.15, -0.1) is 0 Å². The fraction of sp³-hybridized carbons (Fsp3) is 0.625. The van der Waals surface area contributed by atoms with Gasteiger partial charge in [-0.25, -0.2) is 0 Å². The highest BCUT2D eigenvalue weighted by atomic mass is 16.1. The van der Waals surface area contributed by atoms with Gasteiger partial charge >= 0.3 is 0 Å². The quantitative estimate of drug-likeness (QED) is 0.535. The number of hydrogen-bond donors (Lipinski definition) is 0. The van der Waals surface area contributed by atoms with Gasteiger partial charge in [0.2, 0.25) is 0 Å². The van der Waals surface area contributed by atoms with E-state index in [1.54, 1.807) is 13.0 Å². The fourth-order valence-corrected chi connectivity index (χ4v) is 1.10. The first kappa shape index (κ1) is 7.32. The minimum Gasteiger partial charge on any atom is -0.377 e. The Morgan fingerprint density at radius 1 is 1.40 bits per heavy atom. The molecule has 0 spiro atoms. The minimum atomic E-state index is 0.131. The topological polar surface area (TPSA) is 20.3 Å². The molecule has 1 saturated heterocycles. The van der Waals surface area contributed by atoms with Crippen LogP contribution in [0.25, 0.3) is 0 Å². The molecule has 0 aromatic heterocycles. The Kier molecular flexibility index (Phi) is 2.49. The van der Waals surface area contributed by atoms with Crippen LogP contribution in [0.3, 0.4) is 0 Å². The summed E-state index contributed by atoms with van der Waals surface area (Å²) in [6.45, 7) is 3.81. The summed E-state index contributed by atoms with van der Waals surface area (Å²) in [5, 5.41) is 0. The third-order valence-corrected chi connectivity index (χ3v) is 1.66. The Labute approximate surface area is 61.5 Å². The van der Waals surface area contributed by atoms with Crippen LogP contribution in [-0.2, 0) is 4.79 Å². The fourth-order valence-electron chi connectivity index (χ4n) is 1.10. The molecule has 0 unspecified atom stereocenters. The van der Waals surface area contributed by atoms with Gasteiger partial charge in [-0.2, -0.15) is 0 Å². The number of carbonyl (C=O) groups is 1. The minimum absolute atomic E-state index is 0.131. The van der Waals surface area contributed by atoms with E-state index in [0.29, 0.717) is 0 Å². The van der Waals surface area contributed by atoms with Crippen molar-refractivity contribution < 1.29 is 4.79 Å². The average molecular weight is 139 g/mol. The SMILES string of the molecule is CC(=O)/C=C/N1CCCC1. The Balaban J connectivity index is 2.29. The smallest absolute Gasteiger partial charge is 0.154 e. The number of nitrogens with zero attached hydrogens (tertiary/aromatic N) is 1. The van der Waals surface area contributed by atoms with E-state index in [0.717, 1.165) is 13.1 Å². The summed E-state index contributed by atoms with van der Waals surface area (Å²) in [5.41, 5.74) is 0. The first-order chi connectivity index (χ1) is 4.79. The van der Waals surface area contributed by atoms with Crippen LogP contribution in [-0.4, -0.2) is 23.8 Å². The van der Waals surface area contributed by atoms with Gasteiger partial charge in [0.25, 0.3) is 0 Å². The van der Waals surface area contributed by atoms with Gasteiger partial charge in [0.1, 0.15) is 0 Å². The Morgan fingerprint density at radius 3 is 2.50 bits per heavy atom. The molecule has 0 aliphatic carbocycles. The molecular weight excluding hydrogens is 126 g/mol. The maximum atomic E-state index is 10.5. The van der Waals surface area contributed by atoms with Gasteiger partial charge in [-0.1, -0.05) is 0 Å². The van der Waals surface area contributed by atoms with Crippen molar-refractivity contribution in [2.75, 3.05) is 13.1 Å². The van der Waals surface area contributed by atoms with E-state index in [1.165, 1.54) is 12.8 Å². The zero-order valence-electron chi connectivity index (χ0n) is 6.34. The predicted octanol–water partition coefficient (Wildman–Crippen LogP) is 1.18. The number of carbonyl (C=O) groups excluding carboxylic acids is 1. The zero-order valence-corrected chi connectivity index (χ0v) is 6.34. The molecule has 0 amide bonds. The lowest BCUT2D eigenvalue weighted by Crippen LogP contribution is -2.10. The molecule has 2 heteroatoms. The summed E-state index contributed by atoms with van der Waals surface area (Å²) in [5.74, 6) is 0.131. The molecule has 1 heterocycles. The van der Waals surface area contributed by atoms with E-state index in [9.17, 15) is 4.79 Å². The van der Waals surface area contributed by atoms with Gasteiger partial charge in [-0.3, -0.25) is 4.79 Å². The molecule has 1 aliphatic heterocycles. The summed E-state index contributed by atoms with van der Waals surface area (Å²) in [4.78, 5) is 12.7. The summed E-state index contributed by atoms with van der Waals surface area (Å²) in [6, 6.07) is 0. The molecule has 0 radical (unpaired) electrons. The molecule has 1 aliphatic rings. The first-order valence-corrected chi connectivity index (χ1v) is 3.72. The van der Waals surface area contributed by atoms with Gasteiger partial charge in [0.15, 0.2) is 5.78 Å². The highest BCUT2D eigenvalue weighted by Gasteiger charge is 2.05. The summed E-state index contributed by atoms with van der Waals surface area (Å²) >= 11 is 0. The lowest BCUT2D eigenvalue weighted by atomic mass is 10.4. The van der Waals surface area contributed by atoms with Gasteiger partial charge in [0.05, 0.1) is 0 Å². The second kappa shape index (κ2) is 3.40. The number of hydrogen-bond acceptors (Lipinski definition) is 2. The third kappa shape index (κ3) is 2.21. The van der Waals surface area contributed by atoms with E-state index in [4.69, 9.17) is 0 Å². The summed E-state index contributed by atoms with van der Waals surface area (Å²) < 4.78 is 0. The average Bonchev–Trinajstić information content (AvgIpc) is 2.34. The Morgan fingerprint density at radius 2 is 2.00 bits per heavy atom. The second-order valence-corrected chi connectivity index (χ2v) is 2.67. The van der Waals surface area contributed by atoms with Crippen LogP contribution in [0.15, 0.2) is 12.3 Å². The van der Waals surface area contributed by atoms with Crippen LogP contribution in [0.2, 0.25) is 0 Å². The summed E-state index contributed by atoms with van der Waals surface area (Å²) in [6.07, 6.45) is 6.06. The molecule has 0 N–H and O–H groups in total. The molecule has 0 aromatic carbocycles. The van der Waals surface area contributed by atoms with Crippen molar-refractivity contribution in [3.8, 4) is 0 Å². The molecule has 0 bridgehead atoms. The van der Waals surface area contributed by atoms with Crippen LogP contribution in [0, 0.1) is 0 Å². The highest BCUT2D eigenvalue weighted by molar-refractivity contribution is 5.87. The Bertz CT molecular complexity index is 145. The van der Waals surface area contributed by atoms with Crippen molar-refractivity contribution >= 4 is 5.78 Å². The molecule has 0 atom stereocenters. The molecule has 0 saturated carbocycles. The van der Waals surface area contributed by atoms with Crippen molar-refractivity contribution in [3.05, 3.63) is 12.3 Å². The van der Waals surface area contributed by atoms with Crippen molar-refractivity contribution in [3.63, 3.8) is 0 Å². The summed E-state index contributed by atoms with van der Waals surface area (Å²) in [7, 11) is 0. The number of likely N-dealkylation sites (tertiary alicyclic amines) is 1. The van der Waals surface area contributed by atoms with Gasteiger partial charge in [0, 0.05) is 19.3 Å². The van der Waals surface area contributed by atoms with Gasteiger partial charge < -0.3 is 4.90 Å². The third-order valence-electron chi connectivity index (χ3n) is 1.66. The molecule has 0 aromatic rings. The lowest BCUT2D eigenvalue weighted by molar-refractivity contribution is -0.112. The zero-order chi connectivity index (χ0) is 7.40. The standard InChI is InChI=1S/C8H13NO/c1-8(10)4-7-9-5-2-3-6-9/h4,7H,2-3,5-6H2,1H3/b7-4+. The Hall–Kier alpha value is -0.790. The molecule has 2 nitrogen and oxygen atoms in total. The van der Waals surface area contributed by atoms with E-state index in [1.807, 2.05) is 6.20 Å². The molecule has 56 valence electrons. The number of ketones is 1. The van der Waals surface area contributed by atoms with Crippen molar-refractivity contribution in [1.29, 1.82) is 0 Å². The maximum Gasteiger partial charge on any atom is 0.154 e. The first-order valence-electron chi connectivity index (χ1n) is 3.72. The van der Waals surface area contributed by atoms with Crippen LogP contribution in [0.1, 0.15) is 19.8 Å². The van der Waals surface area contributed by atoms with E-state index in [-0.39, 0.29) is 5.78 Å². The van der Waals surface area contributed by atoms with Crippen LogP contribution >= 0.6 is 0 Å². The highest BCUT2D eigenvalue weighted by Crippen LogP contribution is 2.06. The molecule has 10 heavy (non-hydrogen) atoms. The van der Waals surface area contributed by atoms with E-state index in [2.05, 4.69) is 4.90 Å². The molecule has 1 fully saturated rings. The van der Waals surface area contributed by atoms with Gasteiger partial charge in [-0.05, 0) is 25.8 Å². The number of allylic oxidation sites excluding steroid dienone is 1. The number of rotatable bonds is 2. The maximum absolute atomic E-state index is 10.5.